The summed E-state index contributed by atoms with van der Waals surface area (Å²) in [6.45, 7) is 8.40. The van der Waals surface area contributed by atoms with Crippen LogP contribution in [0, 0.1) is 5.92 Å². The Balaban J connectivity index is 1.69. The van der Waals surface area contributed by atoms with Crippen molar-refractivity contribution in [2.24, 2.45) is 5.92 Å². The lowest BCUT2D eigenvalue weighted by Gasteiger charge is -2.34. The van der Waals surface area contributed by atoms with Gasteiger partial charge in [0.05, 0.1) is 13.2 Å². The smallest absolute Gasteiger partial charge is 0.236 e. The molecule has 122 valence electrons. The minimum atomic E-state index is 0.327. The van der Waals surface area contributed by atoms with E-state index in [2.05, 4.69) is 22.0 Å². The first-order chi connectivity index (χ1) is 10.2. The number of nitrogens with zero attached hydrogens (tertiary/aromatic N) is 2. The van der Waals surface area contributed by atoms with Gasteiger partial charge in [-0.05, 0) is 51.6 Å². The van der Waals surface area contributed by atoms with Crippen LogP contribution in [0.15, 0.2) is 0 Å². The minimum absolute atomic E-state index is 0.327. The van der Waals surface area contributed by atoms with Crippen molar-refractivity contribution in [3.8, 4) is 0 Å². The molecule has 1 N–H and O–H groups in total. The van der Waals surface area contributed by atoms with E-state index >= 15 is 0 Å². The summed E-state index contributed by atoms with van der Waals surface area (Å²) in [5.74, 6) is 0.993. The minimum Gasteiger partial charge on any atom is -0.383 e. The predicted octanol–water partition coefficient (Wildman–Crippen LogP) is 0.945. The summed E-state index contributed by atoms with van der Waals surface area (Å²) in [5, 5.41) is 3.45. The van der Waals surface area contributed by atoms with Crippen LogP contribution in [0.3, 0.4) is 0 Å². The highest BCUT2D eigenvalue weighted by molar-refractivity contribution is 5.78. The Morgan fingerprint density at radius 2 is 2.19 bits per heavy atom. The highest BCUT2D eigenvalue weighted by Gasteiger charge is 2.32. The Morgan fingerprint density at radius 1 is 1.38 bits per heavy atom. The zero-order valence-electron chi connectivity index (χ0n) is 13.6. The van der Waals surface area contributed by atoms with Crippen molar-refractivity contribution < 1.29 is 9.53 Å². The topological polar surface area (TPSA) is 44.8 Å². The molecule has 0 bridgehead atoms. The van der Waals surface area contributed by atoms with Crippen LogP contribution < -0.4 is 5.32 Å². The molecule has 1 aliphatic heterocycles. The summed E-state index contributed by atoms with van der Waals surface area (Å²) in [7, 11) is 1.73. The molecule has 1 amide bonds. The van der Waals surface area contributed by atoms with Crippen molar-refractivity contribution >= 4 is 5.91 Å². The standard InChI is InChI=1S/C16H31N3O2/c1-3-19(15-6-7-15)16(20)13-18-9-4-5-14(12-18)11-17-8-10-21-2/h14-15,17H,3-13H2,1-2H3. The van der Waals surface area contributed by atoms with Crippen LogP contribution in [0.1, 0.15) is 32.6 Å². The van der Waals surface area contributed by atoms with E-state index < -0.39 is 0 Å². The first kappa shape index (κ1) is 16.7. The van der Waals surface area contributed by atoms with Gasteiger partial charge in [-0.2, -0.15) is 0 Å². The molecule has 0 aromatic carbocycles. The highest BCUT2D eigenvalue weighted by Crippen LogP contribution is 2.27. The second kappa shape index (κ2) is 8.71. The van der Waals surface area contributed by atoms with Crippen molar-refractivity contribution in [3.63, 3.8) is 0 Å². The number of carbonyl (C=O) groups excluding carboxylic acids is 1. The number of ether oxygens (including phenoxy) is 1. The molecule has 21 heavy (non-hydrogen) atoms. The maximum Gasteiger partial charge on any atom is 0.236 e. The molecule has 0 spiro atoms. The first-order valence-electron chi connectivity index (χ1n) is 8.46. The Hall–Kier alpha value is -0.650. The van der Waals surface area contributed by atoms with Crippen molar-refractivity contribution in [1.29, 1.82) is 0 Å². The third kappa shape index (κ3) is 5.57. The van der Waals surface area contributed by atoms with Gasteiger partial charge in [-0.1, -0.05) is 0 Å². The monoisotopic (exact) mass is 297 g/mol. The molecular formula is C16H31N3O2. The second-order valence-electron chi connectivity index (χ2n) is 6.35. The molecule has 1 atom stereocenters. The van der Waals surface area contributed by atoms with Gasteiger partial charge < -0.3 is 15.0 Å². The fourth-order valence-corrected chi connectivity index (χ4v) is 3.25. The summed E-state index contributed by atoms with van der Waals surface area (Å²) in [6.07, 6.45) is 4.88. The molecule has 0 aromatic heterocycles. The van der Waals surface area contributed by atoms with Crippen LogP contribution in [0.4, 0.5) is 0 Å². The number of hydrogen-bond donors (Lipinski definition) is 1. The van der Waals surface area contributed by atoms with E-state index in [0.717, 1.165) is 39.3 Å². The van der Waals surface area contributed by atoms with Crippen molar-refractivity contribution in [2.45, 2.75) is 38.6 Å². The number of likely N-dealkylation sites (tertiary alicyclic amines) is 1. The van der Waals surface area contributed by atoms with E-state index in [9.17, 15) is 4.79 Å². The Labute approximate surface area is 129 Å². The van der Waals surface area contributed by atoms with E-state index in [-0.39, 0.29) is 0 Å². The zero-order valence-corrected chi connectivity index (χ0v) is 13.6. The number of piperidine rings is 1. The molecule has 1 heterocycles. The molecule has 2 rings (SSSR count). The number of hydrogen-bond acceptors (Lipinski definition) is 4. The molecule has 1 saturated carbocycles. The van der Waals surface area contributed by atoms with E-state index in [4.69, 9.17) is 4.74 Å². The van der Waals surface area contributed by atoms with E-state index in [1.165, 1.54) is 25.7 Å². The molecule has 0 aromatic rings. The molecule has 2 fully saturated rings. The van der Waals surface area contributed by atoms with Gasteiger partial charge >= 0.3 is 0 Å². The SMILES string of the molecule is CCN(C(=O)CN1CCCC(CNCCOC)C1)C1CC1. The van der Waals surface area contributed by atoms with Crippen LogP contribution in [-0.2, 0) is 9.53 Å². The maximum absolute atomic E-state index is 12.4. The number of likely N-dealkylation sites (N-methyl/N-ethyl adjacent to an activating group) is 1. The number of methoxy groups -OCH3 is 1. The summed E-state index contributed by atoms with van der Waals surface area (Å²) in [6, 6.07) is 0.541. The van der Waals surface area contributed by atoms with Crippen LogP contribution in [0.2, 0.25) is 0 Å². The average Bonchev–Trinajstić information content (AvgIpc) is 3.30. The lowest BCUT2D eigenvalue weighted by Crippen LogP contribution is -2.46. The lowest BCUT2D eigenvalue weighted by molar-refractivity contribution is -0.133. The number of amides is 1. The van der Waals surface area contributed by atoms with Crippen molar-refractivity contribution in [3.05, 3.63) is 0 Å². The summed E-state index contributed by atoms with van der Waals surface area (Å²) >= 11 is 0. The molecule has 1 aliphatic carbocycles. The Bertz CT molecular complexity index is 321. The first-order valence-corrected chi connectivity index (χ1v) is 8.46. The van der Waals surface area contributed by atoms with Crippen LogP contribution >= 0.6 is 0 Å². The van der Waals surface area contributed by atoms with E-state index in [1.807, 2.05) is 0 Å². The zero-order chi connectivity index (χ0) is 15.1. The molecule has 2 aliphatic rings. The Morgan fingerprint density at radius 3 is 2.86 bits per heavy atom. The van der Waals surface area contributed by atoms with Crippen LogP contribution in [0.5, 0.6) is 0 Å². The molecule has 5 heteroatoms. The second-order valence-corrected chi connectivity index (χ2v) is 6.35. The maximum atomic E-state index is 12.4. The Kier molecular flexibility index (Phi) is 6.93. The number of rotatable bonds is 9. The van der Waals surface area contributed by atoms with Gasteiger partial charge in [0.1, 0.15) is 0 Å². The van der Waals surface area contributed by atoms with Gasteiger partial charge in [0.2, 0.25) is 5.91 Å². The number of carbonyl (C=O) groups is 1. The van der Waals surface area contributed by atoms with E-state index in [1.54, 1.807) is 7.11 Å². The van der Waals surface area contributed by atoms with Crippen LogP contribution in [0.25, 0.3) is 0 Å². The lowest BCUT2D eigenvalue weighted by atomic mass is 9.98. The highest BCUT2D eigenvalue weighted by atomic mass is 16.5. The van der Waals surface area contributed by atoms with Crippen LogP contribution in [-0.4, -0.2) is 74.7 Å². The average molecular weight is 297 g/mol. The summed E-state index contributed by atoms with van der Waals surface area (Å²) in [4.78, 5) is 16.8. The largest absolute Gasteiger partial charge is 0.383 e. The van der Waals surface area contributed by atoms with Crippen molar-refractivity contribution in [1.82, 2.24) is 15.1 Å². The van der Waals surface area contributed by atoms with Gasteiger partial charge in [0, 0.05) is 32.8 Å². The quantitative estimate of drug-likeness (QED) is 0.644. The third-order valence-electron chi connectivity index (χ3n) is 4.53. The van der Waals surface area contributed by atoms with Gasteiger partial charge in [-0.15, -0.1) is 0 Å². The molecule has 1 unspecified atom stereocenters. The van der Waals surface area contributed by atoms with Gasteiger partial charge in [0.25, 0.3) is 0 Å². The van der Waals surface area contributed by atoms with E-state index in [0.29, 0.717) is 24.4 Å². The van der Waals surface area contributed by atoms with Crippen molar-refractivity contribution in [2.75, 3.05) is 53.0 Å². The fourth-order valence-electron chi connectivity index (χ4n) is 3.25. The normalized spacial score (nSPS) is 23.2. The fraction of sp³-hybridized carbons (Fsp3) is 0.938. The van der Waals surface area contributed by atoms with Gasteiger partial charge in [-0.3, -0.25) is 9.69 Å². The van der Waals surface area contributed by atoms with Gasteiger partial charge in [-0.25, -0.2) is 0 Å². The molecular weight excluding hydrogens is 266 g/mol. The summed E-state index contributed by atoms with van der Waals surface area (Å²) < 4.78 is 5.05. The number of nitrogens with one attached hydrogen (secondary N) is 1. The molecule has 1 saturated heterocycles. The third-order valence-corrected chi connectivity index (χ3v) is 4.53. The summed E-state index contributed by atoms with van der Waals surface area (Å²) in [5.41, 5.74) is 0. The predicted molar refractivity (Wildman–Crippen MR) is 84.3 cm³/mol. The molecule has 5 nitrogen and oxygen atoms in total. The van der Waals surface area contributed by atoms with Gasteiger partial charge in [0.15, 0.2) is 0 Å². The molecule has 0 radical (unpaired) electrons.